The number of anilines is 1. The van der Waals surface area contributed by atoms with Crippen molar-refractivity contribution in [2.24, 2.45) is 0 Å². The second-order valence-corrected chi connectivity index (χ2v) is 7.35. The van der Waals surface area contributed by atoms with Crippen molar-refractivity contribution in [2.45, 2.75) is 6.42 Å². The molecule has 1 aliphatic heterocycles. The largest absolute Gasteiger partial charge is 0.360 e. The van der Waals surface area contributed by atoms with E-state index in [9.17, 15) is 14.9 Å². The van der Waals surface area contributed by atoms with Crippen LogP contribution in [0.2, 0.25) is 5.02 Å². The zero-order valence-electron chi connectivity index (χ0n) is 15.6. The number of halogens is 1. The van der Waals surface area contributed by atoms with Gasteiger partial charge in [-0.15, -0.1) is 0 Å². The van der Waals surface area contributed by atoms with Crippen molar-refractivity contribution in [3.8, 4) is 0 Å². The topological polar surface area (TPSA) is 79.9 Å². The Morgan fingerprint density at radius 2 is 1.89 bits per heavy atom. The lowest BCUT2D eigenvalue weighted by atomic mass is 10.1. The van der Waals surface area contributed by atoms with Gasteiger partial charge in [-0.3, -0.25) is 14.9 Å². The van der Waals surface area contributed by atoms with E-state index in [0.29, 0.717) is 18.1 Å². The number of nitro groups is 1. The minimum absolute atomic E-state index is 0.0563. The molecule has 0 aromatic heterocycles. The van der Waals surface area contributed by atoms with Crippen molar-refractivity contribution in [3.63, 3.8) is 0 Å². The van der Waals surface area contributed by atoms with E-state index in [1.165, 1.54) is 17.0 Å². The van der Waals surface area contributed by atoms with Crippen LogP contribution in [0.5, 0.6) is 0 Å². The molecule has 0 spiro atoms. The average molecular weight is 404 g/mol. The number of hydrogen-bond donors (Lipinski definition) is 2. The SMILES string of the molecule is O=C(C[NH+]1CCN(c2ccc([N+](=O)[O-])cc2)CC1)NCCc1cccc(Cl)c1. The first kappa shape index (κ1) is 20.1. The Bertz CT molecular complexity index is 820. The van der Waals surface area contributed by atoms with Gasteiger partial charge >= 0.3 is 0 Å². The number of nitro benzene ring substituents is 1. The predicted molar refractivity (Wildman–Crippen MR) is 109 cm³/mol. The molecule has 0 saturated carbocycles. The van der Waals surface area contributed by atoms with Crippen molar-refractivity contribution in [2.75, 3.05) is 44.2 Å². The molecule has 148 valence electrons. The van der Waals surface area contributed by atoms with Crippen molar-refractivity contribution in [1.29, 1.82) is 0 Å². The van der Waals surface area contributed by atoms with Gasteiger partial charge in [0.15, 0.2) is 6.54 Å². The quantitative estimate of drug-likeness (QED) is 0.539. The molecule has 28 heavy (non-hydrogen) atoms. The maximum absolute atomic E-state index is 12.2. The number of hydrogen-bond acceptors (Lipinski definition) is 4. The molecule has 8 heteroatoms. The summed E-state index contributed by atoms with van der Waals surface area (Å²) in [7, 11) is 0. The molecule has 0 bridgehead atoms. The fourth-order valence-corrected chi connectivity index (χ4v) is 3.58. The van der Waals surface area contributed by atoms with Crippen LogP contribution in [0.15, 0.2) is 48.5 Å². The molecule has 1 fully saturated rings. The zero-order chi connectivity index (χ0) is 19.9. The lowest BCUT2D eigenvalue weighted by Crippen LogP contribution is -3.16. The fourth-order valence-electron chi connectivity index (χ4n) is 3.37. The van der Waals surface area contributed by atoms with Crippen LogP contribution in [-0.4, -0.2) is 50.1 Å². The summed E-state index contributed by atoms with van der Waals surface area (Å²) in [5.41, 5.74) is 2.19. The van der Waals surface area contributed by atoms with Gasteiger partial charge in [-0.2, -0.15) is 0 Å². The number of carbonyl (C=O) groups excluding carboxylic acids is 1. The van der Waals surface area contributed by atoms with Crippen molar-refractivity contribution < 1.29 is 14.6 Å². The maximum atomic E-state index is 12.2. The Kier molecular flexibility index (Phi) is 6.84. The third-order valence-electron chi connectivity index (χ3n) is 4.93. The van der Waals surface area contributed by atoms with E-state index in [-0.39, 0.29) is 11.6 Å². The molecule has 2 aromatic carbocycles. The average Bonchev–Trinajstić information content (AvgIpc) is 2.69. The van der Waals surface area contributed by atoms with E-state index in [2.05, 4.69) is 10.2 Å². The zero-order valence-corrected chi connectivity index (χ0v) is 16.3. The number of non-ortho nitro benzene ring substituents is 1. The number of amides is 1. The van der Waals surface area contributed by atoms with E-state index in [4.69, 9.17) is 11.6 Å². The smallest absolute Gasteiger partial charge is 0.275 e. The number of carbonyl (C=O) groups is 1. The summed E-state index contributed by atoms with van der Waals surface area (Å²) in [6.07, 6.45) is 0.759. The third-order valence-corrected chi connectivity index (χ3v) is 5.17. The van der Waals surface area contributed by atoms with Crippen LogP contribution in [0.4, 0.5) is 11.4 Å². The maximum Gasteiger partial charge on any atom is 0.275 e. The van der Waals surface area contributed by atoms with Crippen LogP contribution in [0.1, 0.15) is 5.56 Å². The number of rotatable bonds is 7. The number of nitrogens with one attached hydrogen (secondary N) is 2. The van der Waals surface area contributed by atoms with Gasteiger partial charge in [0.1, 0.15) is 0 Å². The highest BCUT2D eigenvalue weighted by molar-refractivity contribution is 6.30. The molecular formula is C20H24ClN4O3+. The van der Waals surface area contributed by atoms with Gasteiger partial charge in [0, 0.05) is 29.4 Å². The second-order valence-electron chi connectivity index (χ2n) is 6.92. The number of quaternary nitrogens is 1. The Morgan fingerprint density at radius 3 is 2.54 bits per heavy atom. The fraction of sp³-hybridized carbons (Fsp3) is 0.350. The molecule has 0 radical (unpaired) electrons. The summed E-state index contributed by atoms with van der Waals surface area (Å²) in [6.45, 7) is 4.42. The van der Waals surface area contributed by atoms with Gasteiger partial charge in [-0.05, 0) is 36.2 Å². The predicted octanol–water partition coefficient (Wildman–Crippen LogP) is 1.31. The second kappa shape index (κ2) is 9.52. The third kappa shape index (κ3) is 5.68. The Hall–Kier alpha value is -2.64. The molecule has 7 nitrogen and oxygen atoms in total. The minimum Gasteiger partial charge on any atom is -0.360 e. The van der Waals surface area contributed by atoms with Crippen LogP contribution in [0.3, 0.4) is 0 Å². The molecule has 2 N–H and O–H groups in total. The van der Waals surface area contributed by atoms with E-state index in [1.807, 2.05) is 24.3 Å². The molecule has 0 aliphatic carbocycles. The van der Waals surface area contributed by atoms with Gasteiger partial charge in [0.05, 0.1) is 31.1 Å². The molecular weight excluding hydrogens is 380 g/mol. The summed E-state index contributed by atoms with van der Waals surface area (Å²) in [5.74, 6) is 0.0563. The van der Waals surface area contributed by atoms with Crippen LogP contribution >= 0.6 is 11.6 Å². The number of piperazine rings is 1. The Balaban J connectivity index is 1.38. The number of benzene rings is 2. The Labute approximate surface area is 169 Å². The lowest BCUT2D eigenvalue weighted by Gasteiger charge is -2.33. The van der Waals surface area contributed by atoms with E-state index in [0.717, 1.165) is 43.9 Å². The first-order chi connectivity index (χ1) is 13.5. The molecule has 0 unspecified atom stereocenters. The van der Waals surface area contributed by atoms with E-state index in [1.54, 1.807) is 12.1 Å². The highest BCUT2D eigenvalue weighted by Crippen LogP contribution is 2.19. The molecule has 1 saturated heterocycles. The van der Waals surface area contributed by atoms with Crippen LogP contribution < -0.4 is 15.1 Å². The standard InChI is InChI=1S/C20H23ClN4O3/c21-17-3-1-2-16(14-17)8-9-22-20(26)15-23-10-12-24(13-11-23)18-4-6-19(7-5-18)25(27)28/h1-7,14H,8-13,15H2,(H,22,26)/p+1. The number of nitrogens with zero attached hydrogens (tertiary/aromatic N) is 2. The highest BCUT2D eigenvalue weighted by atomic mass is 35.5. The summed E-state index contributed by atoms with van der Waals surface area (Å²) in [4.78, 5) is 26.0. The van der Waals surface area contributed by atoms with Crippen molar-refractivity contribution >= 4 is 28.9 Å². The van der Waals surface area contributed by atoms with Crippen molar-refractivity contribution in [3.05, 3.63) is 69.2 Å². The Morgan fingerprint density at radius 1 is 1.18 bits per heavy atom. The van der Waals surface area contributed by atoms with E-state index >= 15 is 0 Å². The van der Waals surface area contributed by atoms with Gasteiger partial charge in [0.2, 0.25) is 0 Å². The molecule has 1 amide bonds. The minimum atomic E-state index is -0.392. The normalized spacial score (nSPS) is 14.7. The van der Waals surface area contributed by atoms with Crippen LogP contribution in [0, 0.1) is 10.1 Å². The molecule has 0 atom stereocenters. The van der Waals surface area contributed by atoms with Gasteiger partial charge in [-0.1, -0.05) is 23.7 Å². The van der Waals surface area contributed by atoms with Gasteiger partial charge in [0.25, 0.3) is 11.6 Å². The summed E-state index contributed by atoms with van der Waals surface area (Å²) in [5, 5.41) is 14.4. The summed E-state index contributed by atoms with van der Waals surface area (Å²) in [6, 6.07) is 14.3. The molecule has 3 rings (SSSR count). The molecule has 1 aliphatic rings. The summed E-state index contributed by atoms with van der Waals surface area (Å²) >= 11 is 5.97. The molecule has 1 heterocycles. The van der Waals surface area contributed by atoms with Crippen LogP contribution in [0.25, 0.3) is 0 Å². The monoisotopic (exact) mass is 403 g/mol. The van der Waals surface area contributed by atoms with Gasteiger partial charge < -0.3 is 15.1 Å². The van der Waals surface area contributed by atoms with Crippen LogP contribution in [-0.2, 0) is 11.2 Å². The van der Waals surface area contributed by atoms with Gasteiger partial charge in [-0.25, -0.2) is 0 Å². The highest BCUT2D eigenvalue weighted by Gasteiger charge is 2.22. The first-order valence-electron chi connectivity index (χ1n) is 9.35. The van der Waals surface area contributed by atoms with E-state index < -0.39 is 4.92 Å². The molecule has 2 aromatic rings. The summed E-state index contributed by atoms with van der Waals surface area (Å²) < 4.78 is 0. The lowest BCUT2D eigenvalue weighted by molar-refractivity contribution is -0.892. The first-order valence-corrected chi connectivity index (χ1v) is 9.73. The van der Waals surface area contributed by atoms with Crippen molar-refractivity contribution in [1.82, 2.24) is 5.32 Å².